The van der Waals surface area contributed by atoms with Gasteiger partial charge < -0.3 is 14.2 Å². The Balaban J connectivity index is 4.28. The van der Waals surface area contributed by atoms with Crippen LogP contribution in [0.5, 0.6) is 0 Å². The molecule has 0 aromatic carbocycles. The summed E-state index contributed by atoms with van der Waals surface area (Å²) in [5.74, 6) is 0.731. The third-order valence-electron chi connectivity index (χ3n) is 11.2. The summed E-state index contributed by atoms with van der Waals surface area (Å²) in [5.41, 5.74) is 0. The van der Waals surface area contributed by atoms with Crippen LogP contribution >= 0.6 is 0 Å². The number of hydrogen-bond acceptors (Lipinski definition) is 6. The van der Waals surface area contributed by atoms with Crippen LogP contribution in [0.1, 0.15) is 272 Å². The Morgan fingerprint density at radius 2 is 0.589 bits per heavy atom. The van der Waals surface area contributed by atoms with Crippen LogP contribution in [0.2, 0.25) is 0 Å². The number of rotatable bonds is 44. The summed E-state index contributed by atoms with van der Waals surface area (Å²) < 4.78 is 16.8. The Kier molecular flexibility index (Phi) is 41.8. The topological polar surface area (TPSA) is 78.9 Å². The minimum atomic E-state index is -0.761. The summed E-state index contributed by atoms with van der Waals surface area (Å²) in [6.07, 6.45) is 42.4. The lowest BCUT2D eigenvalue weighted by Gasteiger charge is -2.18. The number of unbranched alkanes of at least 4 members (excludes halogenated alkanes) is 29. The molecule has 0 bridgehead atoms. The lowest BCUT2D eigenvalue weighted by atomic mass is 10.0. The Hall–Kier alpha value is -1.59. The van der Waals surface area contributed by atoms with Gasteiger partial charge in [-0.05, 0) is 31.1 Å². The highest BCUT2D eigenvalue weighted by Gasteiger charge is 2.19. The zero-order valence-corrected chi connectivity index (χ0v) is 38.3. The highest BCUT2D eigenvalue weighted by molar-refractivity contribution is 5.71. The molecule has 0 fully saturated rings. The van der Waals surface area contributed by atoms with Gasteiger partial charge in [-0.15, -0.1) is 0 Å². The third kappa shape index (κ3) is 43.5. The fourth-order valence-electron chi connectivity index (χ4n) is 7.46. The van der Waals surface area contributed by atoms with Crippen molar-refractivity contribution in [3.63, 3.8) is 0 Å². The maximum atomic E-state index is 12.7. The lowest BCUT2D eigenvalue weighted by Crippen LogP contribution is -2.30. The highest BCUT2D eigenvalue weighted by atomic mass is 16.6. The first kappa shape index (κ1) is 54.4. The van der Waals surface area contributed by atoms with Gasteiger partial charge in [0.05, 0.1) is 0 Å². The Labute approximate surface area is 348 Å². The monoisotopic (exact) mass is 793 g/mol. The SMILES string of the molecule is CCCCCCCCCCCCCCCCCCC(=O)OC[C@@H](COC(=O)CCCCCCCCCCCC(C)C)OC(=O)CCCCCCCCCC(C)C. The van der Waals surface area contributed by atoms with Crippen molar-refractivity contribution in [2.45, 2.75) is 278 Å². The normalized spacial score (nSPS) is 12.1. The third-order valence-corrected chi connectivity index (χ3v) is 11.2. The van der Waals surface area contributed by atoms with E-state index in [1.165, 1.54) is 161 Å². The molecule has 0 saturated heterocycles. The molecule has 0 aliphatic heterocycles. The zero-order chi connectivity index (χ0) is 41.2. The predicted octanol–water partition coefficient (Wildman–Crippen LogP) is 15.8. The van der Waals surface area contributed by atoms with Gasteiger partial charge in [-0.3, -0.25) is 14.4 Å². The quantitative estimate of drug-likeness (QED) is 0.0347. The van der Waals surface area contributed by atoms with Gasteiger partial charge in [0.15, 0.2) is 6.10 Å². The van der Waals surface area contributed by atoms with Crippen LogP contribution in [0.3, 0.4) is 0 Å². The number of carbonyl (C=O) groups is 3. The van der Waals surface area contributed by atoms with E-state index in [0.717, 1.165) is 69.6 Å². The maximum Gasteiger partial charge on any atom is 0.306 e. The van der Waals surface area contributed by atoms with Crippen LogP contribution in [-0.4, -0.2) is 37.2 Å². The smallest absolute Gasteiger partial charge is 0.306 e. The van der Waals surface area contributed by atoms with Crippen LogP contribution in [0, 0.1) is 11.8 Å². The fourth-order valence-corrected chi connectivity index (χ4v) is 7.46. The second-order valence-electron chi connectivity index (χ2n) is 18.1. The first-order chi connectivity index (χ1) is 27.2. The summed E-state index contributed by atoms with van der Waals surface area (Å²) >= 11 is 0. The van der Waals surface area contributed by atoms with E-state index in [9.17, 15) is 14.4 Å². The standard InChI is InChI=1S/C50H96O6/c1-6-7-8-9-10-11-12-13-14-15-16-17-20-25-30-35-40-48(51)54-43-47(56-50(53)42-37-32-27-22-24-29-34-39-46(4)5)44-55-49(52)41-36-31-26-21-18-19-23-28-33-38-45(2)3/h45-47H,6-44H2,1-5H3/t47-/m0/s1. The molecule has 0 aliphatic rings. The highest BCUT2D eigenvalue weighted by Crippen LogP contribution is 2.17. The second kappa shape index (κ2) is 43.0. The van der Waals surface area contributed by atoms with E-state index in [1.54, 1.807) is 0 Å². The molecule has 0 heterocycles. The van der Waals surface area contributed by atoms with E-state index in [4.69, 9.17) is 14.2 Å². The van der Waals surface area contributed by atoms with Gasteiger partial charge in [0.1, 0.15) is 13.2 Å². The number of carbonyl (C=O) groups excluding carboxylic acids is 3. The molecular formula is C50H96O6. The second-order valence-corrected chi connectivity index (χ2v) is 18.1. The minimum Gasteiger partial charge on any atom is -0.462 e. The zero-order valence-electron chi connectivity index (χ0n) is 38.3. The molecule has 0 radical (unpaired) electrons. The summed E-state index contributed by atoms with van der Waals surface area (Å²) in [7, 11) is 0. The predicted molar refractivity (Wildman–Crippen MR) is 238 cm³/mol. The molecule has 332 valence electrons. The van der Waals surface area contributed by atoms with Crippen LogP contribution in [0.25, 0.3) is 0 Å². The van der Waals surface area contributed by atoms with Crippen LogP contribution < -0.4 is 0 Å². The molecule has 0 aromatic heterocycles. The van der Waals surface area contributed by atoms with Crippen molar-refractivity contribution >= 4 is 17.9 Å². The van der Waals surface area contributed by atoms with Crippen molar-refractivity contribution in [2.24, 2.45) is 11.8 Å². The van der Waals surface area contributed by atoms with Gasteiger partial charge in [0.25, 0.3) is 0 Å². The van der Waals surface area contributed by atoms with Gasteiger partial charge in [-0.1, -0.05) is 234 Å². The molecule has 0 aliphatic carbocycles. The van der Waals surface area contributed by atoms with Gasteiger partial charge in [-0.2, -0.15) is 0 Å². The molecule has 0 spiro atoms. The molecule has 1 atom stereocenters. The van der Waals surface area contributed by atoms with E-state index in [1.807, 2.05) is 0 Å². The number of esters is 3. The minimum absolute atomic E-state index is 0.0649. The van der Waals surface area contributed by atoms with E-state index < -0.39 is 6.10 Å². The first-order valence-corrected chi connectivity index (χ1v) is 24.7. The Bertz CT molecular complexity index is 854. The molecule has 0 saturated carbocycles. The summed E-state index contributed by atoms with van der Waals surface area (Å²) in [4.78, 5) is 37.8. The van der Waals surface area contributed by atoms with E-state index in [2.05, 4.69) is 34.6 Å². The van der Waals surface area contributed by atoms with Crippen molar-refractivity contribution in [3.05, 3.63) is 0 Å². The van der Waals surface area contributed by atoms with Crippen molar-refractivity contribution in [1.29, 1.82) is 0 Å². The summed E-state index contributed by atoms with van der Waals surface area (Å²) in [6.45, 7) is 11.3. The molecule has 0 unspecified atom stereocenters. The molecule has 6 heteroatoms. The number of ether oxygens (including phenoxy) is 3. The molecule has 6 nitrogen and oxygen atoms in total. The average molecular weight is 793 g/mol. The molecule has 0 amide bonds. The molecule has 0 rings (SSSR count). The van der Waals surface area contributed by atoms with Crippen molar-refractivity contribution in [2.75, 3.05) is 13.2 Å². The van der Waals surface area contributed by atoms with Gasteiger partial charge in [-0.25, -0.2) is 0 Å². The molecule has 0 aromatic rings. The van der Waals surface area contributed by atoms with Crippen LogP contribution in [0.4, 0.5) is 0 Å². The average Bonchev–Trinajstić information content (AvgIpc) is 3.16. The summed E-state index contributed by atoms with van der Waals surface area (Å²) in [6, 6.07) is 0. The van der Waals surface area contributed by atoms with E-state index in [-0.39, 0.29) is 31.1 Å². The maximum absolute atomic E-state index is 12.7. The van der Waals surface area contributed by atoms with Crippen LogP contribution in [-0.2, 0) is 28.6 Å². The van der Waals surface area contributed by atoms with Gasteiger partial charge in [0, 0.05) is 19.3 Å². The van der Waals surface area contributed by atoms with Crippen molar-refractivity contribution in [3.8, 4) is 0 Å². The molecule has 0 N–H and O–H groups in total. The Morgan fingerprint density at radius 1 is 0.339 bits per heavy atom. The fraction of sp³-hybridized carbons (Fsp3) is 0.940. The lowest BCUT2D eigenvalue weighted by molar-refractivity contribution is -0.167. The Morgan fingerprint density at radius 3 is 0.875 bits per heavy atom. The van der Waals surface area contributed by atoms with Gasteiger partial charge in [0.2, 0.25) is 0 Å². The van der Waals surface area contributed by atoms with Crippen molar-refractivity contribution in [1.82, 2.24) is 0 Å². The van der Waals surface area contributed by atoms with Crippen molar-refractivity contribution < 1.29 is 28.6 Å². The largest absolute Gasteiger partial charge is 0.462 e. The van der Waals surface area contributed by atoms with Crippen LogP contribution in [0.15, 0.2) is 0 Å². The summed E-state index contributed by atoms with van der Waals surface area (Å²) in [5, 5.41) is 0. The molecule has 56 heavy (non-hydrogen) atoms. The molecular weight excluding hydrogens is 697 g/mol. The number of hydrogen-bond donors (Lipinski definition) is 0. The van der Waals surface area contributed by atoms with E-state index >= 15 is 0 Å². The van der Waals surface area contributed by atoms with Gasteiger partial charge >= 0.3 is 17.9 Å². The first-order valence-electron chi connectivity index (χ1n) is 24.7. The van der Waals surface area contributed by atoms with E-state index in [0.29, 0.717) is 19.3 Å².